The summed E-state index contributed by atoms with van der Waals surface area (Å²) in [5.41, 5.74) is 0. The molecule has 4 rings (SSSR count). The van der Waals surface area contributed by atoms with E-state index < -0.39 is 0 Å². The highest BCUT2D eigenvalue weighted by atomic mass is 16.7. The minimum absolute atomic E-state index is 0.101. The second kappa shape index (κ2) is 10.7. The van der Waals surface area contributed by atoms with Gasteiger partial charge in [-0.15, -0.1) is 0 Å². The standard InChI is InChI=1S/C25H42O4/c1-18(28-22-9-5-3-6-10-22)26-16-24-20-13-14-21(15-20)25(24)17-27-19(2)29-23-11-7-4-8-12-23/h13-14,18-25H,3-12,15-17H2,1-2H3. The first-order valence-electron chi connectivity index (χ1n) is 12.4. The quantitative estimate of drug-likeness (QED) is 0.337. The molecule has 2 bridgehead atoms. The van der Waals surface area contributed by atoms with Crippen LogP contribution in [0.1, 0.15) is 84.5 Å². The molecule has 6 unspecified atom stereocenters. The molecule has 0 heterocycles. The van der Waals surface area contributed by atoms with E-state index in [1.165, 1.54) is 70.6 Å². The molecule has 3 saturated carbocycles. The predicted octanol–water partition coefficient (Wildman–Crippen LogP) is 5.85. The molecule has 4 heteroatoms. The van der Waals surface area contributed by atoms with Gasteiger partial charge in [-0.3, -0.25) is 0 Å². The van der Waals surface area contributed by atoms with E-state index in [1.54, 1.807) is 0 Å². The molecule has 0 aromatic heterocycles. The van der Waals surface area contributed by atoms with Gasteiger partial charge in [0, 0.05) is 0 Å². The Kier molecular flexibility index (Phi) is 8.08. The van der Waals surface area contributed by atoms with Gasteiger partial charge < -0.3 is 18.9 Å². The van der Waals surface area contributed by atoms with Crippen molar-refractivity contribution in [3.05, 3.63) is 12.2 Å². The molecule has 4 aliphatic carbocycles. The van der Waals surface area contributed by atoms with Crippen LogP contribution >= 0.6 is 0 Å². The molecule has 4 nitrogen and oxygen atoms in total. The number of ether oxygens (including phenoxy) is 4. The average molecular weight is 407 g/mol. The van der Waals surface area contributed by atoms with E-state index in [9.17, 15) is 0 Å². The second-order valence-corrected chi connectivity index (χ2v) is 9.87. The zero-order valence-electron chi connectivity index (χ0n) is 18.6. The number of rotatable bonds is 10. The lowest BCUT2D eigenvalue weighted by molar-refractivity contribution is -0.187. The lowest BCUT2D eigenvalue weighted by atomic mass is 9.84. The summed E-state index contributed by atoms with van der Waals surface area (Å²) in [5.74, 6) is 2.38. The summed E-state index contributed by atoms with van der Waals surface area (Å²) in [6.45, 7) is 5.71. The lowest BCUT2D eigenvalue weighted by Crippen LogP contribution is -2.33. The summed E-state index contributed by atoms with van der Waals surface area (Å²) in [6.07, 6.45) is 19.4. The van der Waals surface area contributed by atoms with Crippen molar-refractivity contribution in [1.82, 2.24) is 0 Å². The minimum atomic E-state index is -0.101. The molecule has 0 radical (unpaired) electrons. The van der Waals surface area contributed by atoms with Crippen LogP contribution in [0.2, 0.25) is 0 Å². The van der Waals surface area contributed by atoms with Crippen LogP contribution in [0.4, 0.5) is 0 Å². The first kappa shape index (κ1) is 21.8. The zero-order chi connectivity index (χ0) is 20.1. The average Bonchev–Trinajstić information content (AvgIpc) is 3.34. The molecule has 0 aromatic rings. The molecule has 3 fully saturated rings. The van der Waals surface area contributed by atoms with Crippen molar-refractivity contribution < 1.29 is 18.9 Å². The summed E-state index contributed by atoms with van der Waals surface area (Å²) in [6, 6.07) is 0. The Labute approximate surface area is 177 Å². The van der Waals surface area contributed by atoms with Gasteiger partial charge >= 0.3 is 0 Å². The fourth-order valence-electron chi connectivity index (χ4n) is 6.04. The Morgan fingerprint density at radius 2 is 1.07 bits per heavy atom. The van der Waals surface area contributed by atoms with Crippen molar-refractivity contribution in [1.29, 1.82) is 0 Å². The summed E-state index contributed by atoms with van der Waals surface area (Å²) in [7, 11) is 0. The van der Waals surface area contributed by atoms with E-state index in [2.05, 4.69) is 26.0 Å². The number of fused-ring (bicyclic) bond motifs is 2. The third kappa shape index (κ3) is 6.06. The fourth-order valence-corrected chi connectivity index (χ4v) is 6.04. The highest BCUT2D eigenvalue weighted by Gasteiger charge is 2.45. The lowest BCUT2D eigenvalue weighted by Gasteiger charge is -2.32. The maximum atomic E-state index is 6.20. The van der Waals surface area contributed by atoms with Crippen LogP contribution in [0, 0.1) is 23.7 Å². The molecule has 4 aliphatic rings. The third-order valence-electron chi connectivity index (χ3n) is 7.72. The van der Waals surface area contributed by atoms with Crippen LogP contribution in [-0.2, 0) is 18.9 Å². The summed E-state index contributed by atoms with van der Waals surface area (Å²) in [5, 5.41) is 0. The Morgan fingerprint density at radius 1 is 0.655 bits per heavy atom. The molecular weight excluding hydrogens is 364 g/mol. The van der Waals surface area contributed by atoms with Crippen LogP contribution in [0.3, 0.4) is 0 Å². The van der Waals surface area contributed by atoms with Crippen LogP contribution in [0.25, 0.3) is 0 Å². The largest absolute Gasteiger partial charge is 0.353 e. The Hall–Kier alpha value is -0.420. The molecule has 0 N–H and O–H groups in total. The van der Waals surface area contributed by atoms with Gasteiger partial charge in [0.25, 0.3) is 0 Å². The van der Waals surface area contributed by atoms with Gasteiger partial charge in [-0.2, -0.15) is 0 Å². The van der Waals surface area contributed by atoms with Gasteiger partial charge in [-0.25, -0.2) is 0 Å². The molecule has 166 valence electrons. The van der Waals surface area contributed by atoms with Gasteiger partial charge in [-0.1, -0.05) is 50.7 Å². The van der Waals surface area contributed by atoms with Crippen LogP contribution < -0.4 is 0 Å². The van der Waals surface area contributed by atoms with E-state index in [1.807, 2.05) is 0 Å². The molecular formula is C25H42O4. The predicted molar refractivity (Wildman–Crippen MR) is 114 cm³/mol. The number of allylic oxidation sites excluding steroid dienone is 2. The molecule has 0 spiro atoms. The van der Waals surface area contributed by atoms with E-state index in [0.717, 1.165) is 13.2 Å². The van der Waals surface area contributed by atoms with Gasteiger partial charge in [0.1, 0.15) is 0 Å². The van der Waals surface area contributed by atoms with Gasteiger partial charge in [0.2, 0.25) is 0 Å². The van der Waals surface area contributed by atoms with Crippen molar-refractivity contribution in [3.8, 4) is 0 Å². The van der Waals surface area contributed by atoms with Gasteiger partial charge in [-0.05, 0) is 69.6 Å². The highest BCUT2D eigenvalue weighted by Crippen LogP contribution is 2.48. The minimum Gasteiger partial charge on any atom is -0.353 e. The first-order valence-corrected chi connectivity index (χ1v) is 12.4. The first-order chi connectivity index (χ1) is 14.2. The fraction of sp³-hybridized carbons (Fsp3) is 0.920. The Morgan fingerprint density at radius 3 is 1.48 bits per heavy atom. The summed E-state index contributed by atoms with van der Waals surface area (Å²) < 4.78 is 24.7. The molecule has 0 aliphatic heterocycles. The van der Waals surface area contributed by atoms with Gasteiger partial charge in [0.05, 0.1) is 25.4 Å². The topological polar surface area (TPSA) is 36.9 Å². The third-order valence-corrected chi connectivity index (χ3v) is 7.72. The normalized spacial score (nSPS) is 35.2. The number of hydrogen-bond donors (Lipinski definition) is 0. The molecule has 29 heavy (non-hydrogen) atoms. The van der Waals surface area contributed by atoms with Crippen molar-refractivity contribution in [3.63, 3.8) is 0 Å². The molecule has 0 aromatic carbocycles. The summed E-state index contributed by atoms with van der Waals surface area (Å²) in [4.78, 5) is 0. The van der Waals surface area contributed by atoms with Crippen molar-refractivity contribution in [2.24, 2.45) is 23.7 Å². The molecule has 6 atom stereocenters. The van der Waals surface area contributed by atoms with Crippen LogP contribution in [0.15, 0.2) is 12.2 Å². The van der Waals surface area contributed by atoms with Crippen molar-refractivity contribution >= 4 is 0 Å². The Balaban J connectivity index is 1.20. The smallest absolute Gasteiger partial charge is 0.155 e. The maximum absolute atomic E-state index is 6.20. The molecule has 0 saturated heterocycles. The van der Waals surface area contributed by atoms with E-state index in [0.29, 0.717) is 35.9 Å². The maximum Gasteiger partial charge on any atom is 0.155 e. The van der Waals surface area contributed by atoms with E-state index >= 15 is 0 Å². The highest BCUT2D eigenvalue weighted by molar-refractivity contribution is 5.13. The summed E-state index contributed by atoms with van der Waals surface area (Å²) >= 11 is 0. The SMILES string of the molecule is CC(OCC1C2C=CC(C2)C1COC(C)OC1CCCCC1)OC1CCCCC1. The van der Waals surface area contributed by atoms with E-state index in [-0.39, 0.29) is 12.6 Å². The Bertz CT molecular complexity index is 465. The second-order valence-electron chi connectivity index (χ2n) is 9.87. The van der Waals surface area contributed by atoms with Crippen molar-refractivity contribution in [2.45, 2.75) is 109 Å². The van der Waals surface area contributed by atoms with E-state index in [4.69, 9.17) is 18.9 Å². The van der Waals surface area contributed by atoms with Gasteiger partial charge in [0.15, 0.2) is 12.6 Å². The van der Waals surface area contributed by atoms with Crippen molar-refractivity contribution in [2.75, 3.05) is 13.2 Å². The monoisotopic (exact) mass is 406 g/mol. The van der Waals surface area contributed by atoms with Crippen LogP contribution in [0.5, 0.6) is 0 Å². The molecule has 0 amide bonds. The number of hydrogen-bond acceptors (Lipinski definition) is 4. The zero-order valence-corrected chi connectivity index (χ0v) is 18.6. The van der Waals surface area contributed by atoms with Crippen LogP contribution in [-0.4, -0.2) is 38.0 Å².